The second-order valence-corrected chi connectivity index (χ2v) is 5.86. The van der Waals surface area contributed by atoms with Crippen LogP contribution in [-0.4, -0.2) is 13.7 Å². The highest BCUT2D eigenvalue weighted by molar-refractivity contribution is 5.78. The van der Waals surface area contributed by atoms with Gasteiger partial charge in [-0.1, -0.05) is 19.9 Å². The summed E-state index contributed by atoms with van der Waals surface area (Å²) in [5.74, 6) is 1.70. The molecule has 0 bridgehead atoms. The van der Waals surface area contributed by atoms with Crippen LogP contribution in [0.4, 0.5) is 0 Å². The maximum atomic E-state index is 6.16. The molecule has 0 aliphatic carbocycles. The monoisotopic (exact) mass is 322 g/mol. The van der Waals surface area contributed by atoms with E-state index in [0.717, 1.165) is 52.8 Å². The topological polar surface area (TPSA) is 36.3 Å². The van der Waals surface area contributed by atoms with Gasteiger partial charge in [0, 0.05) is 12.0 Å². The van der Waals surface area contributed by atoms with Gasteiger partial charge in [-0.2, -0.15) is 0 Å². The molecule has 0 unspecified atom stereocenters. The van der Waals surface area contributed by atoms with Crippen molar-refractivity contribution in [1.29, 1.82) is 0 Å². The van der Waals surface area contributed by atoms with Crippen LogP contribution in [0.1, 0.15) is 25.8 Å². The summed E-state index contributed by atoms with van der Waals surface area (Å²) in [6.07, 6.45) is 2.10. The van der Waals surface area contributed by atoms with Gasteiger partial charge in [0.1, 0.15) is 23.6 Å². The van der Waals surface area contributed by atoms with Crippen LogP contribution in [0.15, 0.2) is 52.9 Å². The Morgan fingerprint density at radius 3 is 2.46 bits per heavy atom. The van der Waals surface area contributed by atoms with Crippen LogP contribution in [0.5, 0.6) is 5.75 Å². The zero-order chi connectivity index (χ0) is 16.9. The third-order valence-electron chi connectivity index (χ3n) is 4.18. The van der Waals surface area contributed by atoms with E-state index >= 15 is 0 Å². The molecule has 0 atom stereocenters. The highest BCUT2D eigenvalue weighted by Gasteiger charge is 2.09. The first-order chi connectivity index (χ1) is 11.7. The standard InChI is InChI=1S/C21H23NO2/c1-4-12-22-19-14-21(16-7-9-17(23-3)10-8-16)24-20-11-6-15(5-2)13-18(19)20/h6-11,13-14H,4-5,12H2,1-3H3/p+1. The van der Waals surface area contributed by atoms with E-state index in [9.17, 15) is 0 Å². The molecule has 124 valence electrons. The number of ether oxygens (including phenoxy) is 1. The Balaban J connectivity index is 2.18. The summed E-state index contributed by atoms with van der Waals surface area (Å²) in [6.45, 7) is 5.28. The fourth-order valence-corrected chi connectivity index (χ4v) is 2.76. The van der Waals surface area contributed by atoms with Crippen molar-refractivity contribution in [3.05, 3.63) is 59.5 Å². The molecule has 0 amide bonds. The normalized spacial score (nSPS) is 11.9. The Morgan fingerprint density at radius 1 is 1.00 bits per heavy atom. The number of benzene rings is 2. The van der Waals surface area contributed by atoms with E-state index in [0.29, 0.717) is 0 Å². The van der Waals surface area contributed by atoms with Crippen molar-refractivity contribution in [2.45, 2.75) is 26.7 Å². The van der Waals surface area contributed by atoms with Gasteiger partial charge < -0.3 is 9.15 Å². The fraction of sp³-hybridized carbons (Fsp3) is 0.286. The van der Waals surface area contributed by atoms with E-state index in [4.69, 9.17) is 9.15 Å². The Labute approximate surface area is 142 Å². The lowest BCUT2D eigenvalue weighted by Crippen LogP contribution is -2.76. The van der Waals surface area contributed by atoms with Gasteiger partial charge >= 0.3 is 0 Å². The van der Waals surface area contributed by atoms with Crippen molar-refractivity contribution >= 4 is 11.0 Å². The number of fused-ring (bicyclic) bond motifs is 1. The summed E-state index contributed by atoms with van der Waals surface area (Å²) < 4.78 is 11.4. The maximum absolute atomic E-state index is 6.16. The van der Waals surface area contributed by atoms with E-state index in [1.807, 2.05) is 24.3 Å². The molecule has 0 saturated heterocycles. The molecule has 3 aromatic rings. The van der Waals surface area contributed by atoms with Crippen molar-refractivity contribution < 1.29 is 14.1 Å². The van der Waals surface area contributed by atoms with E-state index < -0.39 is 0 Å². The first-order valence-electron chi connectivity index (χ1n) is 8.53. The minimum atomic E-state index is 0.844. The molecule has 1 aromatic heterocycles. The Bertz CT molecular complexity index is 892. The highest BCUT2D eigenvalue weighted by atomic mass is 16.5. The lowest BCUT2D eigenvalue weighted by molar-refractivity contribution is -0.499. The van der Waals surface area contributed by atoms with Crippen LogP contribution in [-0.2, 0) is 6.42 Å². The van der Waals surface area contributed by atoms with Crippen LogP contribution < -0.4 is 15.1 Å². The Hall–Kier alpha value is -2.55. The van der Waals surface area contributed by atoms with E-state index in [2.05, 4.69) is 43.1 Å². The number of aryl methyl sites for hydroxylation is 1. The van der Waals surface area contributed by atoms with Crippen LogP contribution in [0.25, 0.3) is 22.3 Å². The maximum Gasteiger partial charge on any atom is 0.213 e. The van der Waals surface area contributed by atoms with Crippen LogP contribution in [0, 0.1) is 0 Å². The molecule has 3 rings (SSSR count). The molecule has 2 aromatic carbocycles. The van der Waals surface area contributed by atoms with Crippen LogP contribution >= 0.6 is 0 Å². The summed E-state index contributed by atoms with van der Waals surface area (Å²) >= 11 is 0. The van der Waals surface area contributed by atoms with Gasteiger partial charge in [-0.3, -0.25) is 0 Å². The van der Waals surface area contributed by atoms with Crippen molar-refractivity contribution in [3.63, 3.8) is 0 Å². The van der Waals surface area contributed by atoms with Crippen molar-refractivity contribution in [2.75, 3.05) is 13.7 Å². The largest absolute Gasteiger partial charge is 0.497 e. The third kappa shape index (κ3) is 3.35. The van der Waals surface area contributed by atoms with Gasteiger partial charge in [0.05, 0.1) is 18.6 Å². The van der Waals surface area contributed by atoms with E-state index in [1.165, 1.54) is 5.56 Å². The Kier molecular flexibility index (Phi) is 4.99. The SMILES string of the molecule is CCC[NH+]=c1cc(-c2ccc(OC)cc2)oc2ccc(CC)cc12. The van der Waals surface area contributed by atoms with Gasteiger partial charge in [0.2, 0.25) is 5.36 Å². The predicted molar refractivity (Wildman–Crippen MR) is 96.8 cm³/mol. The first-order valence-corrected chi connectivity index (χ1v) is 8.53. The molecule has 0 saturated carbocycles. The van der Waals surface area contributed by atoms with E-state index in [1.54, 1.807) is 7.11 Å². The second-order valence-electron chi connectivity index (χ2n) is 5.86. The summed E-state index contributed by atoms with van der Waals surface area (Å²) in [5, 5.41) is 2.26. The smallest absolute Gasteiger partial charge is 0.213 e. The van der Waals surface area contributed by atoms with E-state index in [-0.39, 0.29) is 0 Å². The number of rotatable bonds is 5. The number of hydrogen-bond acceptors (Lipinski definition) is 2. The first kappa shape index (κ1) is 16.3. The van der Waals surface area contributed by atoms with Gasteiger partial charge in [-0.05, 0) is 48.4 Å². The molecule has 0 aliphatic heterocycles. The van der Waals surface area contributed by atoms with Crippen LogP contribution in [0.3, 0.4) is 0 Å². The van der Waals surface area contributed by atoms with Crippen LogP contribution in [0.2, 0.25) is 0 Å². The zero-order valence-corrected chi connectivity index (χ0v) is 14.6. The molecule has 3 nitrogen and oxygen atoms in total. The fourth-order valence-electron chi connectivity index (χ4n) is 2.76. The molecule has 1 heterocycles. The highest BCUT2D eigenvalue weighted by Crippen LogP contribution is 2.24. The molecule has 0 fully saturated rings. The number of methoxy groups -OCH3 is 1. The summed E-state index contributed by atoms with van der Waals surface area (Å²) in [5.41, 5.74) is 3.25. The molecule has 3 heteroatoms. The predicted octanol–water partition coefficient (Wildman–Crippen LogP) is 3.06. The molecule has 0 radical (unpaired) electrons. The quantitative estimate of drug-likeness (QED) is 0.784. The third-order valence-corrected chi connectivity index (χ3v) is 4.18. The molecule has 1 N–H and O–H groups in total. The van der Waals surface area contributed by atoms with Gasteiger partial charge in [0.25, 0.3) is 0 Å². The van der Waals surface area contributed by atoms with Crippen molar-refractivity contribution in [2.24, 2.45) is 0 Å². The average Bonchev–Trinajstić information content (AvgIpc) is 2.65. The second kappa shape index (κ2) is 7.35. The molecular formula is C21H24NO2+. The number of nitrogens with one attached hydrogen (secondary N) is 1. The summed E-state index contributed by atoms with van der Waals surface area (Å²) in [4.78, 5) is 3.54. The molecule has 0 aliphatic rings. The summed E-state index contributed by atoms with van der Waals surface area (Å²) in [7, 11) is 1.67. The van der Waals surface area contributed by atoms with Gasteiger partial charge in [-0.25, -0.2) is 4.99 Å². The minimum Gasteiger partial charge on any atom is -0.497 e. The summed E-state index contributed by atoms with van der Waals surface area (Å²) in [6, 6.07) is 16.5. The van der Waals surface area contributed by atoms with Crippen molar-refractivity contribution in [1.82, 2.24) is 0 Å². The van der Waals surface area contributed by atoms with Crippen molar-refractivity contribution in [3.8, 4) is 17.1 Å². The Morgan fingerprint density at radius 2 is 1.79 bits per heavy atom. The van der Waals surface area contributed by atoms with Gasteiger partial charge in [-0.15, -0.1) is 0 Å². The lowest BCUT2D eigenvalue weighted by Gasteiger charge is -2.05. The minimum absolute atomic E-state index is 0.844. The average molecular weight is 322 g/mol. The van der Waals surface area contributed by atoms with Gasteiger partial charge in [0.15, 0.2) is 0 Å². The lowest BCUT2D eigenvalue weighted by atomic mass is 10.1. The molecule has 24 heavy (non-hydrogen) atoms. The number of hydrogen-bond donors (Lipinski definition) is 1. The zero-order valence-electron chi connectivity index (χ0n) is 14.6. The molecular weight excluding hydrogens is 298 g/mol. The molecule has 0 spiro atoms.